The van der Waals surface area contributed by atoms with Crippen molar-refractivity contribution in [3.63, 3.8) is 0 Å². The van der Waals surface area contributed by atoms with Gasteiger partial charge in [0.2, 0.25) is 0 Å². The van der Waals surface area contributed by atoms with E-state index >= 15 is 0 Å². The van der Waals surface area contributed by atoms with Gasteiger partial charge in [-0.3, -0.25) is 0 Å². The third-order valence-electron chi connectivity index (χ3n) is 4.39. The predicted octanol–water partition coefficient (Wildman–Crippen LogP) is 3.68. The summed E-state index contributed by atoms with van der Waals surface area (Å²) in [6, 6.07) is 0. The van der Waals surface area contributed by atoms with Gasteiger partial charge in [-0.05, 0) is 57.8 Å². The van der Waals surface area contributed by atoms with Crippen LogP contribution in [0.15, 0.2) is 0 Å². The Morgan fingerprint density at radius 3 is 2.56 bits per heavy atom. The zero-order valence-electron chi connectivity index (χ0n) is 12.2. The normalized spacial score (nSPS) is 32.2. The Hall–Kier alpha value is -0.730. The van der Waals surface area contributed by atoms with Crippen molar-refractivity contribution in [3.8, 4) is 0 Å². The summed E-state index contributed by atoms with van der Waals surface area (Å²) >= 11 is 0. The first-order chi connectivity index (χ1) is 8.39. The van der Waals surface area contributed by atoms with E-state index in [9.17, 15) is 4.79 Å². The van der Waals surface area contributed by atoms with E-state index in [4.69, 9.17) is 4.74 Å². The molecule has 0 bridgehead atoms. The molecule has 1 heterocycles. The Morgan fingerprint density at radius 2 is 1.94 bits per heavy atom. The molecule has 18 heavy (non-hydrogen) atoms. The molecular formula is C15H27NO2. The number of piperidine rings is 1. The average Bonchev–Trinajstić information content (AvgIpc) is 2.68. The smallest absolute Gasteiger partial charge is 0.410 e. The number of hydrogen-bond acceptors (Lipinski definition) is 2. The molecule has 0 spiro atoms. The zero-order valence-corrected chi connectivity index (χ0v) is 12.2. The summed E-state index contributed by atoms with van der Waals surface area (Å²) in [6.45, 7) is 9.87. The largest absolute Gasteiger partial charge is 0.444 e. The highest BCUT2D eigenvalue weighted by Crippen LogP contribution is 2.42. The Morgan fingerprint density at radius 1 is 1.28 bits per heavy atom. The molecule has 1 aliphatic heterocycles. The van der Waals surface area contributed by atoms with Crippen LogP contribution in [0, 0.1) is 17.8 Å². The highest BCUT2D eigenvalue weighted by Gasteiger charge is 2.39. The van der Waals surface area contributed by atoms with E-state index in [1.54, 1.807) is 0 Å². The second-order valence-electron chi connectivity index (χ2n) is 6.98. The summed E-state index contributed by atoms with van der Waals surface area (Å²) in [6.07, 6.45) is 5.02. The van der Waals surface area contributed by atoms with Crippen molar-refractivity contribution in [2.45, 2.75) is 59.0 Å². The molecule has 104 valence electrons. The summed E-state index contributed by atoms with van der Waals surface area (Å²) in [5.41, 5.74) is -0.379. The van der Waals surface area contributed by atoms with E-state index in [-0.39, 0.29) is 11.7 Å². The minimum Gasteiger partial charge on any atom is -0.444 e. The fourth-order valence-electron chi connectivity index (χ4n) is 3.44. The minimum absolute atomic E-state index is 0.124. The van der Waals surface area contributed by atoms with Gasteiger partial charge < -0.3 is 9.64 Å². The quantitative estimate of drug-likeness (QED) is 0.713. The van der Waals surface area contributed by atoms with Gasteiger partial charge in [0.1, 0.15) is 5.60 Å². The molecule has 2 aliphatic rings. The van der Waals surface area contributed by atoms with Crippen LogP contribution >= 0.6 is 0 Å². The van der Waals surface area contributed by atoms with Crippen LogP contribution in [0.5, 0.6) is 0 Å². The maximum atomic E-state index is 12.1. The minimum atomic E-state index is -0.379. The van der Waals surface area contributed by atoms with Crippen molar-refractivity contribution >= 4 is 6.09 Å². The molecule has 1 amide bonds. The average molecular weight is 253 g/mol. The van der Waals surface area contributed by atoms with Gasteiger partial charge in [0.25, 0.3) is 0 Å². The third kappa shape index (κ3) is 3.18. The van der Waals surface area contributed by atoms with Crippen molar-refractivity contribution in [2.24, 2.45) is 17.8 Å². The number of hydrogen-bond donors (Lipinski definition) is 0. The molecule has 1 aliphatic carbocycles. The fraction of sp³-hybridized carbons (Fsp3) is 0.933. The van der Waals surface area contributed by atoms with Crippen molar-refractivity contribution in [1.82, 2.24) is 4.90 Å². The predicted molar refractivity (Wildman–Crippen MR) is 72.4 cm³/mol. The Bertz CT molecular complexity index is 308. The molecule has 0 aromatic heterocycles. The number of amides is 1. The Balaban J connectivity index is 1.89. The van der Waals surface area contributed by atoms with E-state index in [0.29, 0.717) is 0 Å². The Kier molecular flexibility index (Phi) is 3.88. The molecule has 0 radical (unpaired) electrons. The first-order valence-corrected chi connectivity index (χ1v) is 7.37. The molecule has 3 heteroatoms. The molecule has 0 N–H and O–H groups in total. The topological polar surface area (TPSA) is 29.5 Å². The van der Waals surface area contributed by atoms with Gasteiger partial charge in [-0.1, -0.05) is 13.3 Å². The number of ether oxygens (including phenoxy) is 1. The van der Waals surface area contributed by atoms with E-state index in [1.165, 1.54) is 25.7 Å². The standard InChI is InChI=1S/C15H27NO2/c1-5-11-8-12-6-7-16(10-13(12)9-11)14(17)18-15(2,3)4/h11-13H,5-10H2,1-4H3/t11?,12-,13-/m1/s1. The van der Waals surface area contributed by atoms with Crippen molar-refractivity contribution in [3.05, 3.63) is 0 Å². The number of fused-ring (bicyclic) bond motifs is 1. The lowest BCUT2D eigenvalue weighted by molar-refractivity contribution is 0.0127. The molecule has 1 saturated heterocycles. The molecule has 0 aromatic rings. The SMILES string of the molecule is CCC1C[C@H]2CCN(C(=O)OC(C)(C)C)C[C@H]2C1. The summed E-state index contributed by atoms with van der Waals surface area (Å²) < 4.78 is 5.47. The Labute approximate surface area is 111 Å². The molecule has 1 unspecified atom stereocenters. The monoisotopic (exact) mass is 253 g/mol. The molecule has 3 nitrogen and oxygen atoms in total. The molecule has 3 atom stereocenters. The number of likely N-dealkylation sites (tertiary alicyclic amines) is 1. The van der Waals surface area contributed by atoms with Crippen LogP contribution < -0.4 is 0 Å². The second kappa shape index (κ2) is 5.10. The van der Waals surface area contributed by atoms with E-state index in [1.807, 2.05) is 25.7 Å². The van der Waals surface area contributed by atoms with Crippen LogP contribution in [0.25, 0.3) is 0 Å². The summed E-state index contributed by atoms with van der Waals surface area (Å²) in [4.78, 5) is 14.0. The lowest BCUT2D eigenvalue weighted by Gasteiger charge is -2.35. The van der Waals surface area contributed by atoms with Crippen LogP contribution in [0.3, 0.4) is 0 Å². The molecular weight excluding hydrogens is 226 g/mol. The fourth-order valence-corrected chi connectivity index (χ4v) is 3.44. The first kappa shape index (κ1) is 13.7. The summed E-state index contributed by atoms with van der Waals surface area (Å²) in [5, 5.41) is 0. The maximum absolute atomic E-state index is 12.1. The molecule has 0 aromatic carbocycles. The molecule has 2 fully saturated rings. The third-order valence-corrected chi connectivity index (χ3v) is 4.39. The lowest BCUT2D eigenvalue weighted by atomic mass is 9.89. The van der Waals surface area contributed by atoms with Gasteiger partial charge >= 0.3 is 6.09 Å². The van der Waals surface area contributed by atoms with Gasteiger partial charge in [-0.2, -0.15) is 0 Å². The summed E-state index contributed by atoms with van der Waals surface area (Å²) in [7, 11) is 0. The number of carbonyl (C=O) groups is 1. The van der Waals surface area contributed by atoms with E-state index < -0.39 is 0 Å². The number of carbonyl (C=O) groups excluding carboxylic acids is 1. The van der Waals surface area contributed by atoms with Gasteiger partial charge in [-0.15, -0.1) is 0 Å². The van der Waals surface area contributed by atoms with Gasteiger partial charge in [0.05, 0.1) is 0 Å². The van der Waals surface area contributed by atoms with Crippen LogP contribution in [0.4, 0.5) is 4.79 Å². The molecule has 2 rings (SSSR count). The molecule has 1 saturated carbocycles. The van der Waals surface area contributed by atoms with Crippen molar-refractivity contribution < 1.29 is 9.53 Å². The van der Waals surface area contributed by atoms with E-state index in [0.717, 1.165) is 30.8 Å². The summed E-state index contributed by atoms with van der Waals surface area (Å²) in [5.74, 6) is 2.46. The highest BCUT2D eigenvalue weighted by atomic mass is 16.6. The van der Waals surface area contributed by atoms with Crippen LogP contribution in [-0.4, -0.2) is 29.7 Å². The maximum Gasteiger partial charge on any atom is 0.410 e. The van der Waals surface area contributed by atoms with Gasteiger partial charge in [0.15, 0.2) is 0 Å². The van der Waals surface area contributed by atoms with E-state index in [2.05, 4.69) is 6.92 Å². The zero-order chi connectivity index (χ0) is 13.3. The number of nitrogens with zero attached hydrogens (tertiary/aromatic N) is 1. The first-order valence-electron chi connectivity index (χ1n) is 7.37. The van der Waals surface area contributed by atoms with Crippen LogP contribution in [0.2, 0.25) is 0 Å². The van der Waals surface area contributed by atoms with Gasteiger partial charge in [-0.25, -0.2) is 4.79 Å². The van der Waals surface area contributed by atoms with Gasteiger partial charge in [0, 0.05) is 13.1 Å². The van der Waals surface area contributed by atoms with Crippen molar-refractivity contribution in [1.29, 1.82) is 0 Å². The number of rotatable bonds is 1. The van der Waals surface area contributed by atoms with Crippen molar-refractivity contribution in [2.75, 3.05) is 13.1 Å². The van der Waals surface area contributed by atoms with Crippen LogP contribution in [-0.2, 0) is 4.74 Å². The van der Waals surface area contributed by atoms with Crippen LogP contribution in [0.1, 0.15) is 53.4 Å². The second-order valence-corrected chi connectivity index (χ2v) is 6.98. The lowest BCUT2D eigenvalue weighted by Crippen LogP contribution is -2.44. The highest BCUT2D eigenvalue weighted by molar-refractivity contribution is 5.68.